The number of fused-ring (bicyclic) bond motifs is 2. The van der Waals surface area contributed by atoms with Crippen molar-refractivity contribution in [3.8, 4) is 22.3 Å². The van der Waals surface area contributed by atoms with Crippen LogP contribution in [-0.4, -0.2) is 0 Å². The van der Waals surface area contributed by atoms with E-state index in [2.05, 4.69) is 116 Å². The number of hydrogen-bond acceptors (Lipinski definition) is 2. The van der Waals surface area contributed by atoms with Gasteiger partial charge < -0.3 is 11.5 Å². The fourth-order valence-corrected chi connectivity index (χ4v) is 5.75. The molecule has 0 heterocycles. The molecule has 0 atom stereocenters. The molecule has 2 heteroatoms. The third kappa shape index (κ3) is 3.91. The summed E-state index contributed by atoms with van der Waals surface area (Å²) in [6.07, 6.45) is 0.949. The van der Waals surface area contributed by atoms with Crippen LogP contribution in [0, 0.1) is 0 Å². The molecule has 6 rings (SSSR count). The van der Waals surface area contributed by atoms with Crippen LogP contribution in [0.5, 0.6) is 0 Å². The minimum atomic E-state index is 0.168. The molecular formula is C35H30N2. The third-order valence-electron chi connectivity index (χ3n) is 7.57. The SMILES string of the molecule is CCC(c1cc(-c2ccccc2)c(N)c2ccccc12)c1cc(-c2ccccc2)c(N)c2ccccc12. The van der Waals surface area contributed by atoms with E-state index >= 15 is 0 Å². The van der Waals surface area contributed by atoms with Crippen molar-refractivity contribution in [2.45, 2.75) is 19.3 Å². The Morgan fingerprint density at radius 2 is 0.838 bits per heavy atom. The highest BCUT2D eigenvalue weighted by Gasteiger charge is 2.22. The van der Waals surface area contributed by atoms with Gasteiger partial charge in [0.1, 0.15) is 0 Å². The second-order valence-corrected chi connectivity index (χ2v) is 9.64. The molecule has 0 saturated heterocycles. The smallest absolute Gasteiger partial charge is 0.0473 e. The van der Waals surface area contributed by atoms with Crippen molar-refractivity contribution < 1.29 is 0 Å². The molecule has 180 valence electrons. The highest BCUT2D eigenvalue weighted by atomic mass is 14.6. The van der Waals surface area contributed by atoms with Gasteiger partial charge in [-0.2, -0.15) is 0 Å². The summed E-state index contributed by atoms with van der Waals surface area (Å²) in [6.45, 7) is 2.27. The van der Waals surface area contributed by atoms with Gasteiger partial charge in [0.25, 0.3) is 0 Å². The maximum Gasteiger partial charge on any atom is 0.0473 e. The van der Waals surface area contributed by atoms with Crippen molar-refractivity contribution >= 4 is 32.9 Å². The van der Waals surface area contributed by atoms with Crippen LogP contribution in [0.2, 0.25) is 0 Å². The molecule has 0 bridgehead atoms. The molecule has 0 aliphatic heterocycles. The Kier molecular flexibility index (Phi) is 5.86. The molecule has 0 spiro atoms. The Morgan fingerprint density at radius 3 is 1.22 bits per heavy atom. The highest BCUT2D eigenvalue weighted by Crippen LogP contribution is 2.45. The quantitative estimate of drug-likeness (QED) is 0.243. The molecular weight excluding hydrogens is 448 g/mol. The summed E-state index contributed by atoms with van der Waals surface area (Å²) < 4.78 is 0. The molecule has 0 fully saturated rings. The topological polar surface area (TPSA) is 52.0 Å². The van der Waals surface area contributed by atoms with E-state index < -0.39 is 0 Å². The van der Waals surface area contributed by atoms with Gasteiger partial charge in [0.2, 0.25) is 0 Å². The monoisotopic (exact) mass is 478 g/mol. The molecule has 2 nitrogen and oxygen atoms in total. The van der Waals surface area contributed by atoms with Crippen LogP contribution in [0.1, 0.15) is 30.4 Å². The van der Waals surface area contributed by atoms with Gasteiger partial charge >= 0.3 is 0 Å². The maximum absolute atomic E-state index is 6.79. The fourth-order valence-electron chi connectivity index (χ4n) is 5.75. The molecule has 0 saturated carbocycles. The summed E-state index contributed by atoms with van der Waals surface area (Å²) in [4.78, 5) is 0. The number of benzene rings is 6. The van der Waals surface area contributed by atoms with E-state index in [0.717, 1.165) is 50.8 Å². The van der Waals surface area contributed by atoms with Gasteiger partial charge in [-0.15, -0.1) is 0 Å². The Hall–Kier alpha value is -4.56. The number of hydrogen-bond donors (Lipinski definition) is 2. The molecule has 0 aliphatic carbocycles. The minimum Gasteiger partial charge on any atom is -0.398 e. The average molecular weight is 479 g/mol. The van der Waals surface area contributed by atoms with E-state index in [1.807, 2.05) is 12.1 Å². The molecule has 0 radical (unpaired) electrons. The predicted molar refractivity (Wildman–Crippen MR) is 160 cm³/mol. The molecule has 0 aliphatic rings. The second kappa shape index (κ2) is 9.48. The summed E-state index contributed by atoms with van der Waals surface area (Å²) in [6, 6.07) is 42.6. The van der Waals surface area contributed by atoms with Crippen molar-refractivity contribution in [1.29, 1.82) is 0 Å². The van der Waals surface area contributed by atoms with E-state index in [0.29, 0.717) is 0 Å². The predicted octanol–water partition coefficient (Wildman–Crippen LogP) is 9.03. The zero-order valence-corrected chi connectivity index (χ0v) is 21.0. The van der Waals surface area contributed by atoms with Gasteiger partial charge in [0, 0.05) is 39.2 Å². The first kappa shape index (κ1) is 22.9. The van der Waals surface area contributed by atoms with E-state index in [4.69, 9.17) is 11.5 Å². The van der Waals surface area contributed by atoms with Crippen LogP contribution in [0.25, 0.3) is 43.8 Å². The zero-order valence-electron chi connectivity index (χ0n) is 21.0. The van der Waals surface area contributed by atoms with Crippen LogP contribution in [0.4, 0.5) is 11.4 Å². The number of nitrogen functional groups attached to an aromatic ring is 2. The number of rotatable bonds is 5. The lowest BCUT2D eigenvalue weighted by molar-refractivity contribution is 0.791. The Morgan fingerprint density at radius 1 is 0.486 bits per heavy atom. The summed E-state index contributed by atoms with van der Waals surface area (Å²) >= 11 is 0. The van der Waals surface area contributed by atoms with Crippen molar-refractivity contribution in [3.63, 3.8) is 0 Å². The maximum atomic E-state index is 6.79. The summed E-state index contributed by atoms with van der Waals surface area (Å²) in [5, 5.41) is 4.60. The van der Waals surface area contributed by atoms with Gasteiger partial charge in [-0.3, -0.25) is 0 Å². The molecule has 4 N–H and O–H groups in total. The molecule has 37 heavy (non-hydrogen) atoms. The molecule has 6 aromatic carbocycles. The first-order valence-electron chi connectivity index (χ1n) is 12.9. The molecule has 6 aromatic rings. The van der Waals surface area contributed by atoms with Gasteiger partial charge in [0.15, 0.2) is 0 Å². The van der Waals surface area contributed by atoms with Gasteiger partial charge in [-0.1, -0.05) is 116 Å². The van der Waals surface area contributed by atoms with Crippen LogP contribution >= 0.6 is 0 Å². The van der Waals surface area contributed by atoms with Crippen molar-refractivity contribution in [3.05, 3.63) is 132 Å². The van der Waals surface area contributed by atoms with Crippen molar-refractivity contribution in [1.82, 2.24) is 0 Å². The lowest BCUT2D eigenvalue weighted by atomic mass is 9.80. The molecule has 0 unspecified atom stereocenters. The van der Waals surface area contributed by atoms with Crippen LogP contribution in [-0.2, 0) is 0 Å². The summed E-state index contributed by atoms with van der Waals surface area (Å²) in [7, 11) is 0. The Balaban J connectivity index is 1.67. The lowest BCUT2D eigenvalue weighted by Gasteiger charge is -2.24. The van der Waals surface area contributed by atoms with E-state index in [1.54, 1.807) is 0 Å². The first-order valence-corrected chi connectivity index (χ1v) is 12.9. The fraction of sp³-hybridized carbons (Fsp3) is 0.0857. The largest absolute Gasteiger partial charge is 0.398 e. The Labute approximate surface area is 218 Å². The van der Waals surface area contributed by atoms with Gasteiger partial charge in [-0.25, -0.2) is 0 Å². The van der Waals surface area contributed by atoms with Crippen molar-refractivity contribution in [2.75, 3.05) is 11.5 Å². The Bertz CT molecular complexity index is 1590. The highest BCUT2D eigenvalue weighted by molar-refractivity contribution is 6.05. The van der Waals surface area contributed by atoms with E-state index in [-0.39, 0.29) is 5.92 Å². The summed E-state index contributed by atoms with van der Waals surface area (Å²) in [5.41, 5.74) is 22.3. The molecule has 0 aromatic heterocycles. The number of anilines is 2. The van der Waals surface area contributed by atoms with E-state index in [1.165, 1.54) is 21.9 Å². The van der Waals surface area contributed by atoms with Gasteiger partial charge in [-0.05, 0) is 51.6 Å². The van der Waals surface area contributed by atoms with E-state index in [9.17, 15) is 0 Å². The zero-order chi connectivity index (χ0) is 25.4. The normalized spacial score (nSPS) is 11.4. The standard InChI is InChI=1S/C35H30N2/c1-2-25(32-21-30(23-13-5-3-6-14-23)34(36)28-19-11-9-17-26(28)32)33-22-31(24-15-7-4-8-16-24)35(37)29-20-12-10-18-27(29)33/h3-22,25H,2,36-37H2,1H3. The first-order chi connectivity index (χ1) is 18.2. The number of nitrogens with two attached hydrogens (primary N) is 2. The summed E-state index contributed by atoms with van der Waals surface area (Å²) in [5.74, 6) is 0.168. The lowest BCUT2D eigenvalue weighted by Crippen LogP contribution is -2.06. The second-order valence-electron chi connectivity index (χ2n) is 9.64. The minimum absolute atomic E-state index is 0.168. The van der Waals surface area contributed by atoms with Crippen LogP contribution < -0.4 is 11.5 Å². The molecule has 0 amide bonds. The van der Waals surface area contributed by atoms with Crippen LogP contribution in [0.3, 0.4) is 0 Å². The van der Waals surface area contributed by atoms with Crippen LogP contribution in [0.15, 0.2) is 121 Å². The van der Waals surface area contributed by atoms with Gasteiger partial charge in [0.05, 0.1) is 0 Å². The third-order valence-corrected chi connectivity index (χ3v) is 7.57. The van der Waals surface area contributed by atoms with Crippen molar-refractivity contribution in [2.24, 2.45) is 0 Å². The average Bonchev–Trinajstić information content (AvgIpc) is 2.96.